The summed E-state index contributed by atoms with van der Waals surface area (Å²) in [6, 6.07) is 18.7. The zero-order chi connectivity index (χ0) is 23.3. The van der Waals surface area contributed by atoms with Crippen LogP contribution in [0, 0.1) is 5.92 Å². The molecule has 0 unspecified atom stereocenters. The van der Waals surface area contributed by atoms with E-state index in [9.17, 15) is 8.42 Å². The molecule has 0 bridgehead atoms. The molecule has 0 spiro atoms. The van der Waals surface area contributed by atoms with Crippen LogP contribution >= 0.6 is 0 Å². The molecule has 0 N–H and O–H groups in total. The van der Waals surface area contributed by atoms with Gasteiger partial charge in [0, 0.05) is 30.8 Å². The average molecular weight is 466 g/mol. The highest BCUT2D eigenvalue weighted by Crippen LogP contribution is 2.40. The van der Waals surface area contributed by atoms with Crippen molar-refractivity contribution < 1.29 is 13.2 Å². The highest BCUT2D eigenvalue weighted by Gasteiger charge is 2.25. The summed E-state index contributed by atoms with van der Waals surface area (Å²) in [5.74, 6) is 1.08. The molecule has 0 aliphatic heterocycles. The van der Waals surface area contributed by atoms with Gasteiger partial charge in [-0.1, -0.05) is 37.5 Å². The van der Waals surface area contributed by atoms with Crippen LogP contribution in [0.5, 0.6) is 5.75 Å². The number of nitrogens with zero attached hydrogens (tertiary/aromatic N) is 3. The number of aromatic nitrogens is 1. The third kappa shape index (κ3) is 5.66. The molecule has 1 aliphatic carbocycles. The maximum absolute atomic E-state index is 13.0. The maximum atomic E-state index is 13.0. The predicted molar refractivity (Wildman–Crippen MR) is 134 cm³/mol. The molecule has 4 rings (SSSR count). The van der Waals surface area contributed by atoms with Crippen LogP contribution in [0.25, 0.3) is 0 Å². The number of hydrogen-bond acceptors (Lipinski definition) is 5. The van der Waals surface area contributed by atoms with Gasteiger partial charge in [-0.25, -0.2) is 12.7 Å². The van der Waals surface area contributed by atoms with Gasteiger partial charge in [0.15, 0.2) is 0 Å². The van der Waals surface area contributed by atoms with Crippen LogP contribution in [0.4, 0.5) is 22.7 Å². The fourth-order valence-electron chi connectivity index (χ4n) is 4.35. The molecule has 33 heavy (non-hydrogen) atoms. The minimum Gasteiger partial charge on any atom is -0.491 e. The van der Waals surface area contributed by atoms with E-state index in [0.29, 0.717) is 29.6 Å². The number of hydrogen-bond donors (Lipinski definition) is 0. The lowest BCUT2D eigenvalue weighted by Crippen LogP contribution is -2.26. The fraction of sp³-hybridized carbons (Fsp3) is 0.346. The minimum atomic E-state index is -3.62. The SMILES string of the molecule is CN(c1ccncc1)c1ccc(OCC2CCCCC2)c(N(c2ccccc2)S(C)(=O)=O)c1. The van der Waals surface area contributed by atoms with E-state index in [-0.39, 0.29) is 0 Å². The first kappa shape index (κ1) is 23.1. The van der Waals surface area contributed by atoms with E-state index in [1.807, 2.05) is 60.5 Å². The third-order valence-corrected chi connectivity index (χ3v) is 7.19. The van der Waals surface area contributed by atoms with E-state index in [0.717, 1.165) is 24.2 Å². The van der Waals surface area contributed by atoms with E-state index in [2.05, 4.69) is 4.98 Å². The van der Waals surface area contributed by atoms with Gasteiger partial charge in [0.05, 0.1) is 18.6 Å². The summed E-state index contributed by atoms with van der Waals surface area (Å²) in [7, 11) is -1.67. The maximum Gasteiger partial charge on any atom is 0.236 e. The largest absolute Gasteiger partial charge is 0.491 e. The fourth-order valence-corrected chi connectivity index (χ4v) is 5.35. The lowest BCUT2D eigenvalue weighted by atomic mass is 9.90. The molecule has 174 valence electrons. The molecule has 1 saturated carbocycles. The van der Waals surface area contributed by atoms with Crippen molar-refractivity contribution in [3.8, 4) is 5.75 Å². The summed E-state index contributed by atoms with van der Waals surface area (Å²) >= 11 is 0. The quantitative estimate of drug-likeness (QED) is 0.414. The van der Waals surface area contributed by atoms with Gasteiger partial charge >= 0.3 is 0 Å². The summed E-state index contributed by atoms with van der Waals surface area (Å²) < 4.78 is 33.6. The Kier molecular flexibility index (Phi) is 7.18. The molecular formula is C26H31N3O3S. The zero-order valence-corrected chi connectivity index (χ0v) is 20.0. The van der Waals surface area contributed by atoms with Crippen molar-refractivity contribution in [3.63, 3.8) is 0 Å². The lowest BCUT2D eigenvalue weighted by molar-refractivity contribution is 0.209. The van der Waals surface area contributed by atoms with Crippen molar-refractivity contribution in [1.82, 2.24) is 4.98 Å². The van der Waals surface area contributed by atoms with E-state index in [4.69, 9.17) is 4.74 Å². The molecule has 2 aromatic carbocycles. The Balaban J connectivity index is 1.75. The first-order chi connectivity index (χ1) is 15.9. The van der Waals surface area contributed by atoms with E-state index >= 15 is 0 Å². The second-order valence-corrected chi connectivity index (χ2v) is 10.4. The Morgan fingerprint density at radius 3 is 2.27 bits per heavy atom. The molecule has 1 fully saturated rings. The molecule has 1 heterocycles. The number of rotatable bonds is 8. The van der Waals surface area contributed by atoms with Gasteiger partial charge < -0.3 is 9.64 Å². The van der Waals surface area contributed by atoms with Crippen molar-refractivity contribution in [1.29, 1.82) is 0 Å². The highest BCUT2D eigenvalue weighted by atomic mass is 32.2. The normalized spacial score (nSPS) is 14.6. The zero-order valence-electron chi connectivity index (χ0n) is 19.2. The Hall–Kier alpha value is -3.06. The summed E-state index contributed by atoms with van der Waals surface area (Å²) in [5.41, 5.74) is 2.90. The summed E-state index contributed by atoms with van der Waals surface area (Å²) in [6.45, 7) is 0.596. The second-order valence-electron chi connectivity index (χ2n) is 8.59. The molecule has 1 aromatic heterocycles. The monoisotopic (exact) mass is 465 g/mol. The number of anilines is 4. The van der Waals surface area contributed by atoms with Gasteiger partial charge in [0.2, 0.25) is 10.0 Å². The van der Waals surface area contributed by atoms with Gasteiger partial charge in [0.25, 0.3) is 0 Å². The van der Waals surface area contributed by atoms with Crippen molar-refractivity contribution >= 4 is 32.8 Å². The van der Waals surface area contributed by atoms with Gasteiger partial charge in [-0.15, -0.1) is 0 Å². The summed E-state index contributed by atoms with van der Waals surface area (Å²) in [6.07, 6.45) is 10.8. The van der Waals surface area contributed by atoms with Crippen LogP contribution in [0.15, 0.2) is 73.1 Å². The van der Waals surface area contributed by atoms with E-state index < -0.39 is 10.0 Å². The van der Waals surface area contributed by atoms with E-state index in [1.165, 1.54) is 29.8 Å². The van der Waals surface area contributed by atoms with E-state index in [1.54, 1.807) is 24.5 Å². The van der Waals surface area contributed by atoms with Crippen molar-refractivity contribution in [2.75, 3.05) is 29.1 Å². The topological polar surface area (TPSA) is 62.7 Å². The van der Waals surface area contributed by atoms with Crippen LogP contribution in [0.3, 0.4) is 0 Å². The third-order valence-electron chi connectivity index (χ3n) is 6.12. The Bertz CT molecular complexity index is 1150. The van der Waals surface area contributed by atoms with Crippen molar-refractivity contribution in [2.45, 2.75) is 32.1 Å². The summed E-state index contributed by atoms with van der Waals surface area (Å²) in [4.78, 5) is 6.09. The van der Waals surface area contributed by atoms with Crippen LogP contribution in [0.2, 0.25) is 0 Å². The number of ether oxygens (including phenoxy) is 1. The molecule has 6 nitrogen and oxygen atoms in total. The molecule has 7 heteroatoms. The molecule has 1 aliphatic rings. The molecule has 0 atom stereocenters. The number of pyridine rings is 1. The second kappa shape index (κ2) is 10.3. The van der Waals surface area contributed by atoms with Crippen molar-refractivity contribution in [2.24, 2.45) is 5.92 Å². The van der Waals surface area contributed by atoms with Crippen LogP contribution in [0.1, 0.15) is 32.1 Å². The van der Waals surface area contributed by atoms with Gasteiger partial charge in [-0.2, -0.15) is 0 Å². The first-order valence-corrected chi connectivity index (χ1v) is 13.2. The Morgan fingerprint density at radius 2 is 1.61 bits per heavy atom. The van der Waals surface area contributed by atoms with Gasteiger partial charge in [-0.3, -0.25) is 4.98 Å². The molecule has 0 amide bonds. The molecular weight excluding hydrogens is 434 g/mol. The van der Waals surface area contributed by atoms with Gasteiger partial charge in [0.1, 0.15) is 11.4 Å². The number of benzene rings is 2. The standard InChI is InChI=1S/C26H31N3O3S/c1-28(22-15-17-27-18-16-22)24-13-14-26(32-20-21-9-5-3-6-10-21)25(19-24)29(33(2,30)31)23-11-7-4-8-12-23/h4,7-8,11-19,21H,3,5-6,9-10,20H2,1-2H3. The average Bonchev–Trinajstić information content (AvgIpc) is 2.84. The Labute approximate surface area is 196 Å². The molecule has 0 saturated heterocycles. The van der Waals surface area contributed by atoms with Gasteiger partial charge in [-0.05, 0) is 61.2 Å². The molecule has 3 aromatic rings. The Morgan fingerprint density at radius 1 is 0.909 bits per heavy atom. The highest BCUT2D eigenvalue weighted by molar-refractivity contribution is 7.92. The van der Waals surface area contributed by atoms with Crippen LogP contribution < -0.4 is 13.9 Å². The summed E-state index contributed by atoms with van der Waals surface area (Å²) in [5, 5.41) is 0. The number of sulfonamides is 1. The minimum absolute atomic E-state index is 0.508. The smallest absolute Gasteiger partial charge is 0.236 e. The lowest BCUT2D eigenvalue weighted by Gasteiger charge is -2.28. The predicted octanol–water partition coefficient (Wildman–Crippen LogP) is 5.91. The van der Waals surface area contributed by atoms with Crippen molar-refractivity contribution in [3.05, 3.63) is 73.1 Å². The van der Waals surface area contributed by atoms with Crippen LogP contribution in [-0.4, -0.2) is 33.3 Å². The number of para-hydroxylation sites is 1. The molecule has 0 radical (unpaired) electrons. The van der Waals surface area contributed by atoms with Crippen LogP contribution in [-0.2, 0) is 10.0 Å². The first-order valence-electron chi connectivity index (χ1n) is 11.4.